The molecule has 1 unspecified atom stereocenters. The number of rotatable bonds is 12. The smallest absolute Gasteiger partial charge is 0.301 e. The Bertz CT molecular complexity index is 1620. The number of unbranched alkanes of at least 4 members (excludes halogenated alkanes) is 1. The van der Waals surface area contributed by atoms with Crippen LogP contribution in [0.15, 0.2) is 82.7 Å². The summed E-state index contributed by atoms with van der Waals surface area (Å²) in [5, 5.41) is 20.4. The SMILES string of the molecule is CCCCOc1cccc(C2/C(=C(\O)c3ccc(OCC)cc3)C(=O)C(=O)N2c2nnc(SCc3ccc(C)cc3)s2)c1. The number of anilines is 1. The number of thioether (sulfide) groups is 1. The Morgan fingerprint density at radius 2 is 1.74 bits per heavy atom. The topological polar surface area (TPSA) is 102 Å². The second-order valence-electron chi connectivity index (χ2n) is 10.0. The van der Waals surface area contributed by atoms with Gasteiger partial charge in [-0.15, -0.1) is 10.2 Å². The molecule has 0 radical (unpaired) electrons. The van der Waals surface area contributed by atoms with Crippen molar-refractivity contribution >= 4 is 45.7 Å². The van der Waals surface area contributed by atoms with Crippen molar-refractivity contribution < 1.29 is 24.2 Å². The Morgan fingerprint density at radius 3 is 2.47 bits per heavy atom. The molecule has 222 valence electrons. The number of carbonyl (C=O) groups excluding carboxylic acids is 2. The first kappa shape index (κ1) is 30.3. The summed E-state index contributed by atoms with van der Waals surface area (Å²) in [5.74, 6) is 0.0941. The maximum absolute atomic E-state index is 13.6. The minimum Gasteiger partial charge on any atom is -0.507 e. The van der Waals surface area contributed by atoms with E-state index in [9.17, 15) is 14.7 Å². The third-order valence-electron chi connectivity index (χ3n) is 6.91. The molecular formula is C33H33N3O5S2. The summed E-state index contributed by atoms with van der Waals surface area (Å²) >= 11 is 2.75. The predicted octanol–water partition coefficient (Wildman–Crippen LogP) is 7.34. The van der Waals surface area contributed by atoms with Gasteiger partial charge in [0.2, 0.25) is 5.13 Å². The molecule has 1 aliphatic rings. The molecule has 43 heavy (non-hydrogen) atoms. The maximum atomic E-state index is 13.6. The van der Waals surface area contributed by atoms with Crippen molar-refractivity contribution in [1.29, 1.82) is 0 Å². The number of hydrogen-bond donors (Lipinski definition) is 1. The number of ether oxygens (including phenoxy) is 2. The van der Waals surface area contributed by atoms with Crippen LogP contribution in [0.25, 0.3) is 5.76 Å². The number of nitrogens with zero attached hydrogens (tertiary/aromatic N) is 3. The Hall–Kier alpha value is -4.15. The molecule has 0 aliphatic carbocycles. The fourth-order valence-corrected chi connectivity index (χ4v) is 6.50. The van der Waals surface area contributed by atoms with Crippen LogP contribution in [0.5, 0.6) is 11.5 Å². The highest BCUT2D eigenvalue weighted by Crippen LogP contribution is 2.44. The highest BCUT2D eigenvalue weighted by atomic mass is 32.2. The molecule has 1 amide bonds. The van der Waals surface area contributed by atoms with Crippen LogP contribution in [0.3, 0.4) is 0 Å². The van der Waals surface area contributed by atoms with Gasteiger partial charge in [-0.3, -0.25) is 14.5 Å². The van der Waals surface area contributed by atoms with Gasteiger partial charge in [0, 0.05) is 11.3 Å². The van der Waals surface area contributed by atoms with Crippen LogP contribution in [0, 0.1) is 6.92 Å². The third-order valence-corrected chi connectivity index (χ3v) is 9.04. The average molecular weight is 616 g/mol. The number of Topliss-reactive ketones (excluding diaryl/α,β-unsaturated/α-hetero) is 1. The van der Waals surface area contributed by atoms with E-state index in [-0.39, 0.29) is 16.5 Å². The molecule has 5 rings (SSSR count). The van der Waals surface area contributed by atoms with Gasteiger partial charge in [0.25, 0.3) is 5.78 Å². The number of hydrogen-bond acceptors (Lipinski definition) is 9. The molecule has 1 fully saturated rings. The molecule has 1 N–H and O–H groups in total. The van der Waals surface area contributed by atoms with Crippen molar-refractivity contribution in [3.63, 3.8) is 0 Å². The van der Waals surface area contributed by atoms with E-state index in [2.05, 4.69) is 41.4 Å². The molecule has 0 saturated carbocycles. The van der Waals surface area contributed by atoms with E-state index < -0.39 is 17.7 Å². The van der Waals surface area contributed by atoms with Crippen molar-refractivity contribution in [2.75, 3.05) is 18.1 Å². The van der Waals surface area contributed by atoms with Crippen LogP contribution in [0.1, 0.15) is 55.0 Å². The Kier molecular flexibility index (Phi) is 9.79. The number of aromatic nitrogens is 2. The van der Waals surface area contributed by atoms with Crippen LogP contribution >= 0.6 is 23.1 Å². The highest BCUT2D eigenvalue weighted by Gasteiger charge is 2.48. The molecule has 8 nitrogen and oxygen atoms in total. The van der Waals surface area contributed by atoms with E-state index in [1.807, 2.05) is 32.0 Å². The van der Waals surface area contributed by atoms with Gasteiger partial charge < -0.3 is 14.6 Å². The highest BCUT2D eigenvalue weighted by molar-refractivity contribution is 8.00. The van der Waals surface area contributed by atoms with Gasteiger partial charge in [-0.1, -0.05) is 78.4 Å². The zero-order valence-corrected chi connectivity index (χ0v) is 25.9. The molecule has 1 atom stereocenters. The number of aliphatic hydroxyl groups excluding tert-OH is 1. The normalized spacial score (nSPS) is 16.1. The van der Waals surface area contributed by atoms with Gasteiger partial charge in [-0.2, -0.15) is 0 Å². The standard InChI is InChI=1S/C33H33N3O5S2/c1-4-6-18-41-26-9-7-8-24(19-26)28-27(29(37)23-14-16-25(17-15-23)40-5-2)30(38)31(39)36(28)32-34-35-33(43-32)42-20-22-12-10-21(3)11-13-22/h7-17,19,28,37H,4-6,18,20H2,1-3H3/b29-27+. The lowest BCUT2D eigenvalue weighted by Gasteiger charge is -2.23. The number of aliphatic hydroxyl groups is 1. The molecule has 2 heterocycles. The first-order valence-electron chi connectivity index (χ1n) is 14.2. The molecule has 4 aromatic rings. The fraction of sp³-hybridized carbons (Fsp3) is 0.273. The van der Waals surface area contributed by atoms with Crippen LogP contribution in [-0.2, 0) is 15.3 Å². The summed E-state index contributed by atoms with van der Waals surface area (Å²) in [4.78, 5) is 28.5. The fourth-order valence-electron chi connectivity index (χ4n) is 4.67. The number of benzene rings is 3. The molecule has 0 bridgehead atoms. The Labute approximate surface area is 259 Å². The van der Waals surface area contributed by atoms with E-state index in [4.69, 9.17) is 9.47 Å². The minimum atomic E-state index is -0.927. The van der Waals surface area contributed by atoms with Crippen LogP contribution in [-0.4, -0.2) is 40.2 Å². The van der Waals surface area contributed by atoms with E-state index >= 15 is 0 Å². The lowest BCUT2D eigenvalue weighted by molar-refractivity contribution is -0.132. The maximum Gasteiger partial charge on any atom is 0.301 e. The molecule has 1 aliphatic heterocycles. The molecule has 1 aromatic heterocycles. The summed E-state index contributed by atoms with van der Waals surface area (Å²) < 4.78 is 12.1. The third kappa shape index (κ3) is 6.92. The minimum absolute atomic E-state index is 0.0241. The van der Waals surface area contributed by atoms with Crippen molar-refractivity contribution in [3.05, 3.63) is 101 Å². The van der Waals surface area contributed by atoms with Crippen LogP contribution in [0.4, 0.5) is 5.13 Å². The van der Waals surface area contributed by atoms with Crippen molar-refractivity contribution in [2.24, 2.45) is 0 Å². The number of amides is 1. The quantitative estimate of drug-likeness (QED) is 0.0441. The number of carbonyl (C=O) groups is 2. The van der Waals surface area contributed by atoms with Crippen molar-refractivity contribution in [1.82, 2.24) is 10.2 Å². The van der Waals surface area contributed by atoms with E-state index in [0.717, 1.165) is 18.4 Å². The van der Waals surface area contributed by atoms with Gasteiger partial charge in [0.15, 0.2) is 4.34 Å². The van der Waals surface area contributed by atoms with E-state index in [0.29, 0.717) is 45.9 Å². The molecule has 0 spiro atoms. The molecular weight excluding hydrogens is 583 g/mol. The predicted molar refractivity (Wildman–Crippen MR) is 170 cm³/mol. The Morgan fingerprint density at radius 1 is 0.977 bits per heavy atom. The van der Waals surface area contributed by atoms with Crippen molar-refractivity contribution in [3.8, 4) is 11.5 Å². The largest absolute Gasteiger partial charge is 0.507 e. The zero-order valence-electron chi connectivity index (χ0n) is 24.3. The summed E-state index contributed by atoms with van der Waals surface area (Å²) in [6.07, 6.45) is 1.89. The number of aryl methyl sites for hydroxylation is 1. The van der Waals surface area contributed by atoms with Crippen LogP contribution < -0.4 is 14.4 Å². The monoisotopic (exact) mass is 615 g/mol. The van der Waals surface area contributed by atoms with Crippen molar-refractivity contribution in [2.45, 2.75) is 49.7 Å². The summed E-state index contributed by atoms with van der Waals surface area (Å²) in [7, 11) is 0. The zero-order chi connectivity index (χ0) is 30.3. The van der Waals surface area contributed by atoms with Gasteiger partial charge in [-0.05, 0) is 67.8 Å². The van der Waals surface area contributed by atoms with Gasteiger partial charge in [-0.25, -0.2) is 0 Å². The number of ketones is 1. The lowest BCUT2D eigenvalue weighted by atomic mass is 9.95. The second-order valence-corrected chi connectivity index (χ2v) is 12.2. The second kappa shape index (κ2) is 13.9. The van der Waals surface area contributed by atoms with E-state index in [1.165, 1.54) is 33.6 Å². The first-order chi connectivity index (χ1) is 20.9. The molecule has 1 saturated heterocycles. The average Bonchev–Trinajstić information content (AvgIpc) is 3.59. The van der Waals surface area contributed by atoms with E-state index in [1.54, 1.807) is 30.3 Å². The first-order valence-corrected chi connectivity index (χ1v) is 16.0. The molecule has 10 heteroatoms. The summed E-state index contributed by atoms with van der Waals surface area (Å²) in [6.45, 7) is 7.06. The summed E-state index contributed by atoms with van der Waals surface area (Å²) in [6, 6.07) is 21.4. The summed E-state index contributed by atoms with van der Waals surface area (Å²) in [5.41, 5.74) is 3.32. The Balaban J connectivity index is 1.52. The lowest BCUT2D eigenvalue weighted by Crippen LogP contribution is -2.29. The van der Waals surface area contributed by atoms with Gasteiger partial charge in [0.05, 0.1) is 24.8 Å². The van der Waals surface area contributed by atoms with Gasteiger partial charge in [0.1, 0.15) is 17.3 Å². The molecule has 3 aromatic carbocycles. The van der Waals surface area contributed by atoms with Crippen LogP contribution in [0.2, 0.25) is 0 Å². The van der Waals surface area contributed by atoms with Gasteiger partial charge >= 0.3 is 5.91 Å².